The number of rotatable bonds is 11. The molecule has 0 spiro atoms. The van der Waals surface area contributed by atoms with Crippen LogP contribution in [0.15, 0.2) is 30.3 Å². The molecule has 2 N–H and O–H groups in total. The standard InChI is InChI=1S/C22H32N2O5S/c1-3-4-12-29-22(28)18(11-10-17-8-6-5-7-9-17)23-19-15-30-14-16(2)24(21(19)27)13-20(25)26/h5-9,16,18-19,23H,3-4,10-15H2,1-2H3,(H,25,26). The molecule has 3 atom stereocenters. The Kier molecular flexibility index (Phi) is 10.2. The van der Waals surface area contributed by atoms with Crippen LogP contribution in [0.2, 0.25) is 0 Å². The van der Waals surface area contributed by atoms with Crippen LogP contribution in [0.4, 0.5) is 0 Å². The molecule has 1 aliphatic rings. The van der Waals surface area contributed by atoms with E-state index < -0.39 is 18.1 Å². The summed E-state index contributed by atoms with van der Waals surface area (Å²) in [5.41, 5.74) is 1.10. The van der Waals surface area contributed by atoms with E-state index in [1.807, 2.05) is 44.2 Å². The Hall–Kier alpha value is -2.06. The van der Waals surface area contributed by atoms with E-state index in [1.165, 1.54) is 4.90 Å². The minimum Gasteiger partial charge on any atom is -0.480 e. The number of esters is 1. The van der Waals surface area contributed by atoms with E-state index in [1.54, 1.807) is 11.8 Å². The third-order valence-corrected chi connectivity index (χ3v) is 6.34. The molecule has 1 aromatic rings. The van der Waals surface area contributed by atoms with Gasteiger partial charge in [-0.1, -0.05) is 43.7 Å². The lowest BCUT2D eigenvalue weighted by molar-refractivity contribution is -0.149. The summed E-state index contributed by atoms with van der Waals surface area (Å²) in [4.78, 5) is 38.3. The second-order valence-corrected chi connectivity index (χ2v) is 8.64. The summed E-state index contributed by atoms with van der Waals surface area (Å²) in [6.07, 6.45) is 2.89. The SMILES string of the molecule is CCCCOC(=O)C(CCc1ccccc1)NC1CSCC(C)N(CC(=O)O)C1=O. The molecule has 3 unspecified atom stereocenters. The number of aryl methyl sites for hydroxylation is 1. The maximum Gasteiger partial charge on any atom is 0.323 e. The summed E-state index contributed by atoms with van der Waals surface area (Å²) in [5, 5.41) is 12.4. The number of carbonyl (C=O) groups excluding carboxylic acids is 2. The fourth-order valence-electron chi connectivity index (χ4n) is 3.32. The third-order valence-electron chi connectivity index (χ3n) is 5.06. The van der Waals surface area contributed by atoms with Gasteiger partial charge in [-0.15, -0.1) is 0 Å². The number of aliphatic carboxylic acids is 1. The van der Waals surface area contributed by atoms with E-state index in [-0.39, 0.29) is 24.5 Å². The van der Waals surface area contributed by atoms with Crippen molar-refractivity contribution >= 4 is 29.6 Å². The Morgan fingerprint density at radius 2 is 2.03 bits per heavy atom. The van der Waals surface area contributed by atoms with Crippen molar-refractivity contribution in [1.82, 2.24) is 10.2 Å². The quantitative estimate of drug-likeness (QED) is 0.406. The Balaban J connectivity index is 2.10. The van der Waals surface area contributed by atoms with Gasteiger partial charge in [0.25, 0.3) is 0 Å². The minimum atomic E-state index is -1.04. The normalized spacial score (nSPS) is 20.5. The lowest BCUT2D eigenvalue weighted by Crippen LogP contribution is -2.55. The molecule has 0 saturated carbocycles. The zero-order valence-corrected chi connectivity index (χ0v) is 18.5. The first-order chi connectivity index (χ1) is 14.4. The highest BCUT2D eigenvalue weighted by Crippen LogP contribution is 2.19. The lowest BCUT2D eigenvalue weighted by atomic mass is 10.0. The Morgan fingerprint density at radius 1 is 1.30 bits per heavy atom. The van der Waals surface area contributed by atoms with Gasteiger partial charge in [-0.05, 0) is 31.7 Å². The number of ether oxygens (including phenoxy) is 1. The van der Waals surface area contributed by atoms with E-state index in [2.05, 4.69) is 5.32 Å². The molecule has 1 aromatic carbocycles. The van der Waals surface area contributed by atoms with Crippen LogP contribution in [0.25, 0.3) is 0 Å². The summed E-state index contributed by atoms with van der Waals surface area (Å²) in [5.74, 6) is -0.531. The number of carbonyl (C=O) groups is 3. The maximum absolute atomic E-state index is 13.0. The third kappa shape index (κ3) is 7.65. The molecule has 0 bridgehead atoms. The van der Waals surface area contributed by atoms with E-state index >= 15 is 0 Å². The van der Waals surface area contributed by atoms with Crippen LogP contribution in [0.5, 0.6) is 0 Å². The van der Waals surface area contributed by atoms with Gasteiger partial charge in [0, 0.05) is 17.5 Å². The summed E-state index contributed by atoms with van der Waals surface area (Å²) in [7, 11) is 0. The van der Waals surface area contributed by atoms with Crippen LogP contribution in [0, 0.1) is 0 Å². The maximum atomic E-state index is 13.0. The topological polar surface area (TPSA) is 95.9 Å². The number of carboxylic acids is 1. The van der Waals surface area contributed by atoms with Gasteiger partial charge in [0.15, 0.2) is 0 Å². The molecule has 1 amide bonds. The predicted octanol–water partition coefficient (Wildman–Crippen LogP) is 2.34. The molecule has 0 aromatic heterocycles. The highest BCUT2D eigenvalue weighted by atomic mass is 32.2. The Bertz CT molecular complexity index is 700. The molecular weight excluding hydrogens is 404 g/mol. The van der Waals surface area contributed by atoms with Crippen molar-refractivity contribution in [2.45, 2.75) is 57.7 Å². The van der Waals surface area contributed by atoms with Crippen molar-refractivity contribution in [3.05, 3.63) is 35.9 Å². The number of amides is 1. The Labute approximate surface area is 182 Å². The second-order valence-electron chi connectivity index (χ2n) is 7.56. The van der Waals surface area contributed by atoms with Crippen LogP contribution in [-0.2, 0) is 25.5 Å². The first-order valence-electron chi connectivity index (χ1n) is 10.5. The van der Waals surface area contributed by atoms with Gasteiger partial charge in [0.2, 0.25) is 5.91 Å². The van der Waals surface area contributed by atoms with E-state index in [0.717, 1.165) is 18.4 Å². The van der Waals surface area contributed by atoms with Crippen LogP contribution < -0.4 is 5.32 Å². The van der Waals surface area contributed by atoms with Gasteiger partial charge < -0.3 is 14.7 Å². The van der Waals surface area contributed by atoms with E-state index in [9.17, 15) is 19.5 Å². The largest absolute Gasteiger partial charge is 0.480 e. The highest BCUT2D eigenvalue weighted by Gasteiger charge is 2.35. The zero-order valence-electron chi connectivity index (χ0n) is 17.7. The fourth-order valence-corrected chi connectivity index (χ4v) is 4.45. The number of nitrogens with zero attached hydrogens (tertiary/aromatic N) is 1. The average Bonchev–Trinajstić information content (AvgIpc) is 2.85. The minimum absolute atomic E-state index is 0.176. The molecule has 1 saturated heterocycles. The number of nitrogens with one attached hydrogen (secondary N) is 1. The van der Waals surface area contributed by atoms with Crippen molar-refractivity contribution < 1.29 is 24.2 Å². The predicted molar refractivity (Wildman–Crippen MR) is 117 cm³/mol. The fraction of sp³-hybridized carbons (Fsp3) is 0.591. The number of thioether (sulfide) groups is 1. The number of unbranched alkanes of at least 4 members (excludes halogenated alkanes) is 1. The first kappa shape index (κ1) is 24.2. The smallest absolute Gasteiger partial charge is 0.323 e. The number of carboxylic acid groups (broad SMARTS) is 1. The van der Waals surface area contributed by atoms with Gasteiger partial charge in [0.1, 0.15) is 12.6 Å². The summed E-state index contributed by atoms with van der Waals surface area (Å²) < 4.78 is 5.43. The molecule has 2 rings (SSSR count). The van der Waals surface area contributed by atoms with Crippen LogP contribution in [0.1, 0.15) is 38.7 Å². The molecule has 1 fully saturated rings. The molecular formula is C22H32N2O5S. The van der Waals surface area contributed by atoms with Crippen molar-refractivity contribution in [3.8, 4) is 0 Å². The van der Waals surface area contributed by atoms with Crippen molar-refractivity contribution in [2.75, 3.05) is 24.7 Å². The lowest BCUT2D eigenvalue weighted by Gasteiger charge is -2.29. The summed E-state index contributed by atoms with van der Waals surface area (Å²) in [6.45, 7) is 3.89. The first-order valence-corrected chi connectivity index (χ1v) is 11.6. The monoisotopic (exact) mass is 436 g/mol. The molecule has 7 nitrogen and oxygen atoms in total. The summed E-state index contributed by atoms with van der Waals surface area (Å²) >= 11 is 1.59. The van der Waals surface area contributed by atoms with E-state index in [0.29, 0.717) is 31.0 Å². The molecule has 1 heterocycles. The number of benzene rings is 1. The Morgan fingerprint density at radius 3 is 2.70 bits per heavy atom. The highest BCUT2D eigenvalue weighted by molar-refractivity contribution is 7.99. The van der Waals surface area contributed by atoms with Crippen molar-refractivity contribution in [1.29, 1.82) is 0 Å². The van der Waals surface area contributed by atoms with Gasteiger partial charge in [-0.2, -0.15) is 11.8 Å². The molecule has 0 aliphatic carbocycles. The van der Waals surface area contributed by atoms with Gasteiger partial charge in [-0.3, -0.25) is 19.7 Å². The molecule has 30 heavy (non-hydrogen) atoms. The second kappa shape index (κ2) is 12.6. The number of hydrogen-bond donors (Lipinski definition) is 2. The van der Waals surface area contributed by atoms with Crippen LogP contribution in [-0.4, -0.2) is 70.6 Å². The van der Waals surface area contributed by atoms with E-state index in [4.69, 9.17) is 4.74 Å². The summed E-state index contributed by atoms with van der Waals surface area (Å²) in [6, 6.07) is 8.42. The van der Waals surface area contributed by atoms with Gasteiger partial charge >= 0.3 is 11.9 Å². The molecule has 8 heteroatoms. The molecule has 0 radical (unpaired) electrons. The van der Waals surface area contributed by atoms with Crippen LogP contribution >= 0.6 is 11.8 Å². The van der Waals surface area contributed by atoms with Gasteiger partial charge in [-0.25, -0.2) is 0 Å². The average molecular weight is 437 g/mol. The number of hydrogen-bond acceptors (Lipinski definition) is 6. The molecule has 1 aliphatic heterocycles. The van der Waals surface area contributed by atoms with Crippen molar-refractivity contribution in [2.24, 2.45) is 0 Å². The van der Waals surface area contributed by atoms with Crippen molar-refractivity contribution in [3.63, 3.8) is 0 Å². The van der Waals surface area contributed by atoms with Gasteiger partial charge in [0.05, 0.1) is 12.6 Å². The molecule has 166 valence electrons. The zero-order chi connectivity index (χ0) is 21.9. The van der Waals surface area contributed by atoms with Crippen LogP contribution in [0.3, 0.4) is 0 Å².